The minimum Gasteiger partial charge on any atom is -0.452 e. The van der Waals surface area contributed by atoms with E-state index in [2.05, 4.69) is 12.2 Å². The first-order valence-electron chi connectivity index (χ1n) is 8.41. The van der Waals surface area contributed by atoms with Gasteiger partial charge < -0.3 is 15.8 Å². The van der Waals surface area contributed by atoms with Gasteiger partial charge in [0, 0.05) is 6.07 Å². The molecule has 0 heterocycles. The summed E-state index contributed by atoms with van der Waals surface area (Å²) in [5.41, 5.74) is 7.11. The first-order chi connectivity index (χ1) is 12.8. The average Bonchev–Trinajstić information content (AvgIpc) is 2.66. The summed E-state index contributed by atoms with van der Waals surface area (Å²) in [6, 6.07) is 11.2. The first kappa shape index (κ1) is 19.9. The van der Waals surface area contributed by atoms with Crippen LogP contribution in [0.25, 0.3) is 0 Å². The topological polar surface area (TPSA) is 125 Å². The average molecular weight is 371 g/mol. The molecule has 0 aromatic heterocycles. The van der Waals surface area contributed by atoms with Crippen molar-refractivity contribution < 1.29 is 19.2 Å². The molecular formula is C19H21N3O5. The molecule has 0 aliphatic carbocycles. The highest BCUT2D eigenvalue weighted by molar-refractivity contribution is 5.92. The summed E-state index contributed by atoms with van der Waals surface area (Å²) in [7, 11) is 0. The van der Waals surface area contributed by atoms with E-state index in [-0.39, 0.29) is 17.3 Å². The van der Waals surface area contributed by atoms with Crippen LogP contribution in [0, 0.1) is 10.1 Å². The van der Waals surface area contributed by atoms with Crippen molar-refractivity contribution in [2.24, 2.45) is 0 Å². The van der Waals surface area contributed by atoms with E-state index < -0.39 is 29.1 Å². The first-order valence-corrected chi connectivity index (χ1v) is 8.41. The molecule has 0 saturated heterocycles. The lowest BCUT2D eigenvalue weighted by Crippen LogP contribution is -2.31. The molecule has 2 aromatic rings. The monoisotopic (exact) mass is 371 g/mol. The van der Waals surface area contributed by atoms with Crippen LogP contribution in [0.5, 0.6) is 0 Å². The molecule has 1 atom stereocenters. The van der Waals surface area contributed by atoms with Crippen LogP contribution < -0.4 is 11.1 Å². The van der Waals surface area contributed by atoms with E-state index in [9.17, 15) is 19.7 Å². The summed E-state index contributed by atoms with van der Waals surface area (Å²) in [5, 5.41) is 13.6. The molecule has 0 aliphatic rings. The van der Waals surface area contributed by atoms with Gasteiger partial charge in [0.05, 0.1) is 16.5 Å². The van der Waals surface area contributed by atoms with Gasteiger partial charge in [-0.2, -0.15) is 0 Å². The molecule has 0 fully saturated rings. The van der Waals surface area contributed by atoms with Gasteiger partial charge in [0.2, 0.25) is 0 Å². The Morgan fingerprint density at radius 1 is 1.22 bits per heavy atom. The Balaban J connectivity index is 1.91. The molecule has 8 nitrogen and oxygen atoms in total. The Morgan fingerprint density at radius 2 is 1.89 bits per heavy atom. The highest BCUT2D eigenvalue weighted by Crippen LogP contribution is 2.22. The zero-order chi connectivity index (χ0) is 20.0. The highest BCUT2D eigenvalue weighted by atomic mass is 16.6. The third-order valence-electron chi connectivity index (χ3n) is 4.06. The molecule has 8 heteroatoms. The van der Waals surface area contributed by atoms with E-state index in [4.69, 9.17) is 10.5 Å². The number of hydrogen-bond acceptors (Lipinski definition) is 6. The van der Waals surface area contributed by atoms with E-state index in [0.717, 1.165) is 18.1 Å². The summed E-state index contributed by atoms with van der Waals surface area (Å²) < 4.78 is 4.92. The normalized spacial score (nSPS) is 11.5. The Labute approximate surface area is 156 Å². The van der Waals surface area contributed by atoms with Crippen molar-refractivity contribution in [3.63, 3.8) is 0 Å². The van der Waals surface area contributed by atoms with Crippen LogP contribution in [-0.4, -0.2) is 23.4 Å². The fourth-order valence-electron chi connectivity index (χ4n) is 2.45. The summed E-state index contributed by atoms with van der Waals surface area (Å²) >= 11 is 0. The van der Waals surface area contributed by atoms with Crippen molar-refractivity contribution in [1.29, 1.82) is 0 Å². The van der Waals surface area contributed by atoms with Gasteiger partial charge in [0.1, 0.15) is 5.69 Å². The number of nitro benzene ring substituents is 1. The van der Waals surface area contributed by atoms with E-state index in [1.807, 2.05) is 31.2 Å². The highest BCUT2D eigenvalue weighted by Gasteiger charge is 2.18. The Bertz CT molecular complexity index is 849. The van der Waals surface area contributed by atoms with Gasteiger partial charge in [0.25, 0.3) is 11.6 Å². The van der Waals surface area contributed by atoms with Crippen LogP contribution in [0.4, 0.5) is 11.4 Å². The number of nitrogens with two attached hydrogens (primary N) is 1. The predicted octanol–water partition coefficient (Wildman–Crippen LogP) is 2.77. The van der Waals surface area contributed by atoms with Gasteiger partial charge in [-0.05, 0) is 36.6 Å². The molecule has 0 saturated carbocycles. The van der Waals surface area contributed by atoms with E-state index in [1.165, 1.54) is 17.7 Å². The van der Waals surface area contributed by atoms with Crippen LogP contribution in [0.3, 0.4) is 0 Å². The molecule has 3 N–H and O–H groups in total. The van der Waals surface area contributed by atoms with E-state index >= 15 is 0 Å². The van der Waals surface area contributed by atoms with Gasteiger partial charge in [-0.15, -0.1) is 0 Å². The van der Waals surface area contributed by atoms with Crippen LogP contribution in [0.1, 0.15) is 41.4 Å². The van der Waals surface area contributed by atoms with Crippen LogP contribution >= 0.6 is 0 Å². The molecule has 0 bridgehead atoms. The molecule has 0 unspecified atom stereocenters. The second-order valence-electron chi connectivity index (χ2n) is 5.99. The lowest BCUT2D eigenvalue weighted by atomic mass is 10.1. The maximum absolute atomic E-state index is 12.0. The van der Waals surface area contributed by atoms with Crippen molar-refractivity contribution in [2.75, 3.05) is 12.3 Å². The van der Waals surface area contributed by atoms with Gasteiger partial charge in [-0.1, -0.05) is 31.2 Å². The summed E-state index contributed by atoms with van der Waals surface area (Å²) in [6.45, 7) is 3.39. The number of carbonyl (C=O) groups is 2. The minimum absolute atomic E-state index is 0.0492. The Hall–Kier alpha value is -3.42. The zero-order valence-corrected chi connectivity index (χ0v) is 15.1. The van der Waals surface area contributed by atoms with Crippen molar-refractivity contribution >= 4 is 23.3 Å². The number of rotatable bonds is 7. The number of anilines is 1. The number of nitrogens with one attached hydrogen (secondary N) is 1. The fourth-order valence-corrected chi connectivity index (χ4v) is 2.45. The third-order valence-corrected chi connectivity index (χ3v) is 4.06. The van der Waals surface area contributed by atoms with Crippen LogP contribution in [0.15, 0.2) is 42.5 Å². The second-order valence-corrected chi connectivity index (χ2v) is 5.99. The predicted molar refractivity (Wildman–Crippen MR) is 100 cm³/mol. The molecule has 2 aromatic carbocycles. The zero-order valence-electron chi connectivity index (χ0n) is 15.1. The molecule has 2 rings (SSSR count). The molecule has 142 valence electrons. The lowest BCUT2D eigenvalue weighted by molar-refractivity contribution is -0.383. The van der Waals surface area contributed by atoms with Crippen LogP contribution in [0.2, 0.25) is 0 Å². The minimum atomic E-state index is -0.840. The van der Waals surface area contributed by atoms with Crippen molar-refractivity contribution in [1.82, 2.24) is 5.32 Å². The summed E-state index contributed by atoms with van der Waals surface area (Å²) in [5.74, 6) is -1.31. The molecular weight excluding hydrogens is 350 g/mol. The fraction of sp³-hybridized carbons (Fsp3) is 0.263. The number of hydrogen-bond donors (Lipinski definition) is 2. The largest absolute Gasteiger partial charge is 0.452 e. The summed E-state index contributed by atoms with van der Waals surface area (Å²) in [6.07, 6.45) is 0.931. The second kappa shape index (κ2) is 8.79. The number of aryl methyl sites for hydroxylation is 1. The lowest BCUT2D eigenvalue weighted by Gasteiger charge is -2.15. The number of nitrogen functional groups attached to an aromatic ring is 1. The number of carbonyl (C=O) groups excluding carboxylic acids is 2. The SMILES string of the molecule is CCc1ccc([C@@H](C)NC(=O)COC(=O)c2ccc(N)c([N+](=O)[O-])c2)cc1. The maximum Gasteiger partial charge on any atom is 0.338 e. The molecule has 0 radical (unpaired) electrons. The number of esters is 1. The van der Waals surface area contributed by atoms with Crippen LogP contribution in [-0.2, 0) is 16.0 Å². The van der Waals surface area contributed by atoms with Crippen molar-refractivity contribution in [3.05, 3.63) is 69.3 Å². The third kappa shape index (κ3) is 5.27. The van der Waals surface area contributed by atoms with Gasteiger partial charge in [0.15, 0.2) is 6.61 Å². The maximum atomic E-state index is 12.0. The van der Waals surface area contributed by atoms with E-state index in [1.54, 1.807) is 0 Å². The molecule has 0 aliphatic heterocycles. The Kier molecular flexibility index (Phi) is 6.48. The number of benzene rings is 2. The smallest absolute Gasteiger partial charge is 0.338 e. The molecule has 1 amide bonds. The van der Waals surface area contributed by atoms with Crippen molar-refractivity contribution in [3.8, 4) is 0 Å². The Morgan fingerprint density at radius 3 is 2.48 bits per heavy atom. The number of nitro groups is 1. The standard InChI is InChI=1S/C19H21N3O5/c1-3-13-4-6-14(7-5-13)12(2)21-18(23)11-27-19(24)15-8-9-16(20)17(10-15)22(25)26/h4-10,12H,3,11,20H2,1-2H3,(H,21,23)/t12-/m1/s1. The quantitative estimate of drug-likeness (QED) is 0.334. The summed E-state index contributed by atoms with van der Waals surface area (Å²) in [4.78, 5) is 34.2. The van der Waals surface area contributed by atoms with E-state index in [0.29, 0.717) is 0 Å². The number of amides is 1. The van der Waals surface area contributed by atoms with Crippen molar-refractivity contribution in [2.45, 2.75) is 26.3 Å². The number of ether oxygens (including phenoxy) is 1. The number of nitrogens with zero attached hydrogens (tertiary/aromatic N) is 1. The van der Waals surface area contributed by atoms with Gasteiger partial charge >= 0.3 is 5.97 Å². The van der Waals surface area contributed by atoms with Gasteiger partial charge in [-0.25, -0.2) is 4.79 Å². The molecule has 0 spiro atoms. The van der Waals surface area contributed by atoms with Gasteiger partial charge in [-0.3, -0.25) is 14.9 Å². The molecule has 27 heavy (non-hydrogen) atoms.